The van der Waals surface area contributed by atoms with Crippen LogP contribution >= 0.6 is 27.5 Å². The Labute approximate surface area is 131 Å². The molecule has 0 saturated heterocycles. The summed E-state index contributed by atoms with van der Waals surface area (Å²) in [6, 6.07) is 4.93. The first-order valence-electron chi connectivity index (χ1n) is 6.00. The molecule has 0 bridgehead atoms. The second-order valence-electron chi connectivity index (χ2n) is 5.63. The second-order valence-corrected chi connectivity index (χ2v) is 6.96. The van der Waals surface area contributed by atoms with E-state index in [2.05, 4.69) is 21.2 Å². The summed E-state index contributed by atoms with van der Waals surface area (Å²) in [5, 5.41) is 12.3. The largest absolute Gasteiger partial charge is 0.481 e. The van der Waals surface area contributed by atoms with Crippen molar-refractivity contribution in [2.24, 2.45) is 5.41 Å². The Morgan fingerprint density at radius 2 is 1.80 bits per heavy atom. The summed E-state index contributed by atoms with van der Waals surface area (Å²) in [6.07, 6.45) is 0. The number of nitrogens with one attached hydrogen (secondary N) is 1. The van der Waals surface area contributed by atoms with Crippen LogP contribution in [-0.2, 0) is 4.79 Å². The molecule has 0 radical (unpaired) electrons. The van der Waals surface area contributed by atoms with E-state index >= 15 is 0 Å². The molecule has 0 saturated carbocycles. The van der Waals surface area contributed by atoms with Gasteiger partial charge in [0.05, 0.1) is 21.5 Å². The number of carbonyl (C=O) groups is 2. The fourth-order valence-electron chi connectivity index (χ4n) is 1.45. The van der Waals surface area contributed by atoms with Gasteiger partial charge < -0.3 is 10.4 Å². The Morgan fingerprint density at radius 3 is 2.30 bits per heavy atom. The topological polar surface area (TPSA) is 66.4 Å². The number of aliphatic carboxylic acids is 1. The van der Waals surface area contributed by atoms with Gasteiger partial charge in [0, 0.05) is 4.47 Å². The number of carboxylic acids is 1. The third kappa shape index (κ3) is 3.33. The van der Waals surface area contributed by atoms with Crippen LogP contribution in [0.5, 0.6) is 0 Å². The van der Waals surface area contributed by atoms with Crippen LogP contribution in [0.2, 0.25) is 5.02 Å². The fourth-order valence-corrected chi connectivity index (χ4v) is 2.01. The van der Waals surface area contributed by atoms with E-state index in [1.54, 1.807) is 45.9 Å². The lowest BCUT2D eigenvalue weighted by Crippen LogP contribution is -2.57. The fraction of sp³-hybridized carbons (Fsp3) is 0.429. The maximum atomic E-state index is 12.3. The van der Waals surface area contributed by atoms with Crippen LogP contribution in [0.3, 0.4) is 0 Å². The highest BCUT2D eigenvalue weighted by molar-refractivity contribution is 9.10. The van der Waals surface area contributed by atoms with E-state index in [1.165, 1.54) is 0 Å². The van der Waals surface area contributed by atoms with Gasteiger partial charge in [0.1, 0.15) is 0 Å². The molecule has 4 nitrogen and oxygen atoms in total. The standard InChI is InChI=1S/C14H17BrClNO3/c1-13(2,12(19)20)14(3,4)17-11(18)9-7-8(15)5-6-10(9)16/h5-7H,1-4H3,(H,17,18)(H,19,20). The second kappa shape index (κ2) is 5.74. The summed E-state index contributed by atoms with van der Waals surface area (Å²) in [6.45, 7) is 6.48. The zero-order valence-electron chi connectivity index (χ0n) is 11.8. The van der Waals surface area contributed by atoms with E-state index in [1.807, 2.05) is 0 Å². The number of hydrogen-bond donors (Lipinski definition) is 2. The summed E-state index contributed by atoms with van der Waals surface area (Å²) in [4.78, 5) is 23.6. The molecule has 0 heterocycles. The molecule has 0 aliphatic carbocycles. The van der Waals surface area contributed by atoms with Crippen molar-refractivity contribution in [2.75, 3.05) is 0 Å². The summed E-state index contributed by atoms with van der Waals surface area (Å²) < 4.78 is 0.724. The molecule has 0 aliphatic heterocycles. The van der Waals surface area contributed by atoms with Crippen molar-refractivity contribution in [2.45, 2.75) is 33.2 Å². The van der Waals surface area contributed by atoms with E-state index < -0.39 is 22.8 Å². The number of rotatable bonds is 4. The highest BCUT2D eigenvalue weighted by atomic mass is 79.9. The van der Waals surface area contributed by atoms with Crippen molar-refractivity contribution in [3.05, 3.63) is 33.3 Å². The van der Waals surface area contributed by atoms with Crippen molar-refractivity contribution in [1.82, 2.24) is 5.32 Å². The van der Waals surface area contributed by atoms with Crippen molar-refractivity contribution in [1.29, 1.82) is 0 Å². The van der Waals surface area contributed by atoms with Gasteiger partial charge >= 0.3 is 5.97 Å². The van der Waals surface area contributed by atoms with E-state index in [0.29, 0.717) is 10.6 Å². The Kier molecular flexibility index (Phi) is 4.87. The average molecular weight is 363 g/mol. The van der Waals surface area contributed by atoms with Gasteiger partial charge in [0.25, 0.3) is 5.91 Å². The van der Waals surface area contributed by atoms with Gasteiger partial charge in [0.15, 0.2) is 0 Å². The van der Waals surface area contributed by atoms with Crippen LogP contribution in [0.4, 0.5) is 0 Å². The molecule has 0 spiro atoms. The van der Waals surface area contributed by atoms with Crippen molar-refractivity contribution in [3.63, 3.8) is 0 Å². The van der Waals surface area contributed by atoms with Crippen LogP contribution in [0.1, 0.15) is 38.1 Å². The number of benzene rings is 1. The molecule has 0 fully saturated rings. The Morgan fingerprint density at radius 1 is 1.25 bits per heavy atom. The molecular weight excluding hydrogens is 346 g/mol. The summed E-state index contributed by atoms with van der Waals surface area (Å²) >= 11 is 9.27. The highest BCUT2D eigenvalue weighted by Gasteiger charge is 2.44. The minimum Gasteiger partial charge on any atom is -0.481 e. The summed E-state index contributed by atoms with van der Waals surface area (Å²) in [5.74, 6) is -1.39. The van der Waals surface area contributed by atoms with Gasteiger partial charge in [-0.15, -0.1) is 0 Å². The number of carbonyl (C=O) groups excluding carboxylic acids is 1. The van der Waals surface area contributed by atoms with Gasteiger partial charge in [-0.3, -0.25) is 9.59 Å². The SMILES string of the molecule is CC(C)(NC(=O)c1cc(Br)ccc1Cl)C(C)(C)C(=O)O. The minimum atomic E-state index is -1.12. The van der Waals surface area contributed by atoms with Gasteiger partial charge in [-0.2, -0.15) is 0 Å². The molecule has 0 unspecified atom stereocenters. The Hall–Kier alpha value is -1.07. The lowest BCUT2D eigenvalue weighted by Gasteiger charge is -2.38. The molecule has 1 aromatic carbocycles. The highest BCUT2D eigenvalue weighted by Crippen LogP contribution is 2.31. The third-order valence-electron chi connectivity index (χ3n) is 3.70. The van der Waals surface area contributed by atoms with Gasteiger partial charge in [-0.1, -0.05) is 27.5 Å². The summed E-state index contributed by atoms with van der Waals surface area (Å²) in [5.41, 5.74) is -1.77. The number of halogens is 2. The normalized spacial score (nSPS) is 12.1. The maximum absolute atomic E-state index is 12.3. The molecular formula is C14H17BrClNO3. The first-order valence-corrected chi connectivity index (χ1v) is 7.17. The van der Waals surface area contributed by atoms with Crippen LogP contribution in [0, 0.1) is 5.41 Å². The summed E-state index contributed by atoms with van der Waals surface area (Å²) in [7, 11) is 0. The van der Waals surface area contributed by atoms with Crippen molar-refractivity contribution >= 4 is 39.4 Å². The molecule has 6 heteroatoms. The number of hydrogen-bond acceptors (Lipinski definition) is 2. The molecule has 2 N–H and O–H groups in total. The van der Waals surface area contributed by atoms with E-state index in [-0.39, 0.29) is 0 Å². The zero-order chi connectivity index (χ0) is 15.7. The molecule has 110 valence electrons. The third-order valence-corrected chi connectivity index (χ3v) is 4.52. The van der Waals surface area contributed by atoms with Crippen LogP contribution < -0.4 is 5.32 Å². The van der Waals surface area contributed by atoms with E-state index in [9.17, 15) is 14.7 Å². The Balaban J connectivity index is 3.06. The molecule has 1 aromatic rings. The van der Waals surface area contributed by atoms with Crippen molar-refractivity contribution < 1.29 is 14.7 Å². The monoisotopic (exact) mass is 361 g/mol. The van der Waals surface area contributed by atoms with E-state index in [4.69, 9.17) is 11.6 Å². The predicted octanol–water partition coefficient (Wildman–Crippen LogP) is 3.72. The molecule has 0 aromatic heterocycles. The first-order chi connectivity index (χ1) is 8.99. The predicted molar refractivity (Wildman–Crippen MR) is 82.1 cm³/mol. The molecule has 0 aliphatic rings. The number of amides is 1. The maximum Gasteiger partial charge on any atom is 0.311 e. The van der Waals surface area contributed by atoms with Crippen LogP contribution in [-0.4, -0.2) is 22.5 Å². The van der Waals surface area contributed by atoms with E-state index in [0.717, 1.165) is 4.47 Å². The lowest BCUT2D eigenvalue weighted by atomic mass is 9.74. The molecule has 1 rings (SSSR count). The van der Waals surface area contributed by atoms with Crippen LogP contribution in [0.25, 0.3) is 0 Å². The molecule has 0 atom stereocenters. The minimum absolute atomic E-state index is 0.301. The number of carboxylic acid groups (broad SMARTS) is 1. The average Bonchev–Trinajstić information content (AvgIpc) is 2.31. The van der Waals surface area contributed by atoms with Crippen LogP contribution in [0.15, 0.2) is 22.7 Å². The Bertz CT molecular complexity index is 555. The first kappa shape index (κ1) is 17.0. The van der Waals surface area contributed by atoms with Gasteiger partial charge in [-0.25, -0.2) is 0 Å². The van der Waals surface area contributed by atoms with Gasteiger partial charge in [0.2, 0.25) is 0 Å². The van der Waals surface area contributed by atoms with Gasteiger partial charge in [-0.05, 0) is 45.9 Å². The lowest BCUT2D eigenvalue weighted by molar-refractivity contribution is -0.150. The quantitative estimate of drug-likeness (QED) is 0.858. The molecule has 20 heavy (non-hydrogen) atoms. The zero-order valence-corrected chi connectivity index (χ0v) is 14.1. The smallest absolute Gasteiger partial charge is 0.311 e. The van der Waals surface area contributed by atoms with Crippen molar-refractivity contribution in [3.8, 4) is 0 Å². The molecule has 1 amide bonds.